The van der Waals surface area contributed by atoms with E-state index >= 15 is 0 Å². The summed E-state index contributed by atoms with van der Waals surface area (Å²) in [6, 6.07) is 0. The number of amides is 1. The average Bonchev–Trinajstić information content (AvgIpc) is 2.40. The van der Waals surface area contributed by atoms with Gasteiger partial charge in [0.2, 0.25) is 5.91 Å². The van der Waals surface area contributed by atoms with Gasteiger partial charge in [0.1, 0.15) is 0 Å². The summed E-state index contributed by atoms with van der Waals surface area (Å²) in [5, 5.41) is 3.44. The highest BCUT2D eigenvalue weighted by Crippen LogP contribution is 2.31. The first-order valence-corrected chi connectivity index (χ1v) is 7.27. The minimum atomic E-state index is 0.0738. The molecule has 18 heavy (non-hydrogen) atoms. The monoisotopic (exact) mass is 250 g/mol. The smallest absolute Gasteiger partial charge is 0.224 e. The Morgan fingerprint density at radius 2 is 2.11 bits per heavy atom. The summed E-state index contributed by atoms with van der Waals surface area (Å²) in [7, 11) is 2.01. The SMILES string of the molecule is CNC1(CC(=O)N2CCC=C(C)C2)CCCCC1. The van der Waals surface area contributed by atoms with E-state index in [4.69, 9.17) is 0 Å². The predicted octanol–water partition coefficient (Wildman–Crippen LogP) is 2.48. The molecule has 1 fully saturated rings. The second kappa shape index (κ2) is 5.87. The number of nitrogens with zero attached hydrogens (tertiary/aromatic N) is 1. The van der Waals surface area contributed by atoms with E-state index in [1.165, 1.54) is 24.8 Å². The Labute approximate surface area is 111 Å². The van der Waals surface area contributed by atoms with Gasteiger partial charge in [0.25, 0.3) is 0 Å². The second-order valence-corrected chi connectivity index (χ2v) is 5.92. The van der Waals surface area contributed by atoms with E-state index in [0.717, 1.165) is 32.4 Å². The number of carbonyl (C=O) groups is 1. The molecule has 0 aromatic heterocycles. The average molecular weight is 250 g/mol. The molecule has 1 aliphatic carbocycles. The van der Waals surface area contributed by atoms with Gasteiger partial charge in [0.05, 0.1) is 0 Å². The van der Waals surface area contributed by atoms with Crippen molar-refractivity contribution in [2.45, 2.75) is 57.4 Å². The van der Waals surface area contributed by atoms with Crippen LogP contribution in [0.3, 0.4) is 0 Å². The van der Waals surface area contributed by atoms with Gasteiger partial charge < -0.3 is 10.2 Å². The Bertz CT molecular complexity index is 329. The van der Waals surface area contributed by atoms with Gasteiger partial charge in [-0.05, 0) is 33.2 Å². The molecule has 0 aromatic carbocycles. The van der Waals surface area contributed by atoms with Crippen molar-refractivity contribution in [3.63, 3.8) is 0 Å². The zero-order valence-electron chi connectivity index (χ0n) is 11.8. The van der Waals surface area contributed by atoms with E-state index in [0.29, 0.717) is 12.3 Å². The van der Waals surface area contributed by atoms with Crippen LogP contribution in [-0.2, 0) is 4.79 Å². The normalized spacial score (nSPS) is 23.7. The maximum absolute atomic E-state index is 12.4. The van der Waals surface area contributed by atoms with Crippen LogP contribution in [0.1, 0.15) is 51.9 Å². The summed E-state index contributed by atoms with van der Waals surface area (Å²) in [6.45, 7) is 3.85. The van der Waals surface area contributed by atoms with E-state index < -0.39 is 0 Å². The molecular weight excluding hydrogens is 224 g/mol. The minimum absolute atomic E-state index is 0.0738. The van der Waals surface area contributed by atoms with E-state index in [1.807, 2.05) is 11.9 Å². The first-order chi connectivity index (χ1) is 8.65. The molecule has 1 heterocycles. The molecular formula is C15H26N2O. The Morgan fingerprint density at radius 3 is 2.72 bits per heavy atom. The van der Waals surface area contributed by atoms with Crippen molar-refractivity contribution in [1.29, 1.82) is 0 Å². The van der Waals surface area contributed by atoms with Crippen LogP contribution in [0.2, 0.25) is 0 Å². The van der Waals surface area contributed by atoms with Gasteiger partial charge in [-0.3, -0.25) is 4.79 Å². The molecule has 0 atom stereocenters. The van der Waals surface area contributed by atoms with E-state index in [9.17, 15) is 4.79 Å². The quantitative estimate of drug-likeness (QED) is 0.780. The predicted molar refractivity (Wildman–Crippen MR) is 74.4 cm³/mol. The highest BCUT2D eigenvalue weighted by Gasteiger charge is 2.34. The number of carbonyl (C=O) groups excluding carboxylic acids is 1. The molecule has 3 heteroatoms. The maximum atomic E-state index is 12.4. The maximum Gasteiger partial charge on any atom is 0.224 e. The first-order valence-electron chi connectivity index (χ1n) is 7.27. The van der Waals surface area contributed by atoms with Crippen LogP contribution < -0.4 is 5.32 Å². The molecule has 0 bridgehead atoms. The Kier molecular flexibility index (Phi) is 4.44. The molecule has 0 unspecified atom stereocenters. The number of hydrogen-bond donors (Lipinski definition) is 1. The fourth-order valence-corrected chi connectivity index (χ4v) is 3.27. The summed E-state index contributed by atoms with van der Waals surface area (Å²) in [6.07, 6.45) is 10.1. The lowest BCUT2D eigenvalue weighted by atomic mass is 9.79. The van der Waals surface area contributed by atoms with Crippen LogP contribution in [0.5, 0.6) is 0 Å². The highest BCUT2D eigenvalue weighted by atomic mass is 16.2. The number of nitrogens with one attached hydrogen (secondary N) is 1. The lowest BCUT2D eigenvalue weighted by molar-refractivity contribution is -0.133. The molecule has 1 saturated carbocycles. The summed E-state index contributed by atoms with van der Waals surface area (Å²) in [4.78, 5) is 14.5. The highest BCUT2D eigenvalue weighted by molar-refractivity contribution is 5.78. The van der Waals surface area contributed by atoms with Crippen molar-refractivity contribution >= 4 is 5.91 Å². The first kappa shape index (κ1) is 13.6. The lowest BCUT2D eigenvalue weighted by Crippen LogP contribution is -2.49. The van der Waals surface area contributed by atoms with Crippen LogP contribution in [0.4, 0.5) is 0 Å². The van der Waals surface area contributed by atoms with E-state index in [2.05, 4.69) is 18.3 Å². The summed E-state index contributed by atoms with van der Waals surface area (Å²) >= 11 is 0. The van der Waals surface area contributed by atoms with E-state index in [1.54, 1.807) is 0 Å². The van der Waals surface area contributed by atoms with Crippen molar-refractivity contribution in [1.82, 2.24) is 10.2 Å². The van der Waals surface area contributed by atoms with Crippen LogP contribution in [-0.4, -0.2) is 36.5 Å². The van der Waals surface area contributed by atoms with Gasteiger partial charge in [-0.1, -0.05) is 30.9 Å². The number of rotatable bonds is 3. The third kappa shape index (κ3) is 3.14. The van der Waals surface area contributed by atoms with Gasteiger partial charge in [-0.25, -0.2) is 0 Å². The molecule has 0 saturated heterocycles. The second-order valence-electron chi connectivity index (χ2n) is 5.92. The topological polar surface area (TPSA) is 32.3 Å². The van der Waals surface area contributed by atoms with Gasteiger partial charge in [-0.2, -0.15) is 0 Å². The van der Waals surface area contributed by atoms with Crippen molar-refractivity contribution in [2.24, 2.45) is 0 Å². The molecule has 102 valence electrons. The van der Waals surface area contributed by atoms with Crippen LogP contribution in [0, 0.1) is 0 Å². The van der Waals surface area contributed by atoms with Crippen molar-refractivity contribution in [3.05, 3.63) is 11.6 Å². The molecule has 0 spiro atoms. The Hall–Kier alpha value is -0.830. The fourth-order valence-electron chi connectivity index (χ4n) is 3.27. The van der Waals surface area contributed by atoms with Crippen molar-refractivity contribution in [2.75, 3.05) is 20.1 Å². The van der Waals surface area contributed by atoms with Crippen LogP contribution in [0.25, 0.3) is 0 Å². The zero-order chi connectivity index (χ0) is 13.0. The number of hydrogen-bond acceptors (Lipinski definition) is 2. The van der Waals surface area contributed by atoms with Gasteiger partial charge in [0.15, 0.2) is 0 Å². The largest absolute Gasteiger partial charge is 0.338 e. The molecule has 1 aliphatic heterocycles. The van der Waals surface area contributed by atoms with E-state index in [-0.39, 0.29) is 5.54 Å². The molecule has 2 aliphatic rings. The van der Waals surface area contributed by atoms with Crippen molar-refractivity contribution < 1.29 is 4.79 Å². The third-order valence-electron chi connectivity index (χ3n) is 4.52. The third-order valence-corrected chi connectivity index (χ3v) is 4.52. The summed E-state index contributed by atoms with van der Waals surface area (Å²) < 4.78 is 0. The molecule has 1 N–H and O–H groups in total. The Balaban J connectivity index is 1.95. The molecule has 2 rings (SSSR count). The van der Waals surface area contributed by atoms with Crippen molar-refractivity contribution in [3.8, 4) is 0 Å². The molecule has 0 aromatic rings. The zero-order valence-corrected chi connectivity index (χ0v) is 11.8. The lowest BCUT2D eigenvalue weighted by Gasteiger charge is -2.38. The summed E-state index contributed by atoms with van der Waals surface area (Å²) in [5.41, 5.74) is 1.40. The minimum Gasteiger partial charge on any atom is -0.338 e. The standard InChI is InChI=1S/C15H26N2O/c1-13-7-6-10-17(12-13)14(18)11-15(16-2)8-4-3-5-9-15/h7,16H,3-6,8-12H2,1-2H3. The fraction of sp³-hybridized carbons (Fsp3) is 0.800. The molecule has 3 nitrogen and oxygen atoms in total. The van der Waals surface area contributed by atoms with Crippen LogP contribution in [0.15, 0.2) is 11.6 Å². The van der Waals surface area contributed by atoms with Gasteiger partial charge in [0, 0.05) is 25.0 Å². The van der Waals surface area contributed by atoms with Gasteiger partial charge in [-0.15, -0.1) is 0 Å². The van der Waals surface area contributed by atoms with Gasteiger partial charge >= 0.3 is 0 Å². The van der Waals surface area contributed by atoms with Crippen LogP contribution >= 0.6 is 0 Å². The molecule has 1 amide bonds. The summed E-state index contributed by atoms with van der Waals surface area (Å²) in [5.74, 6) is 0.332. The Morgan fingerprint density at radius 1 is 1.39 bits per heavy atom. The molecule has 0 radical (unpaired) electrons.